The number of hydrogen-bond acceptors (Lipinski definition) is 3. The molecular weight excluding hydrogens is 278 g/mol. The molecule has 22 heavy (non-hydrogen) atoms. The molecule has 5 nitrogen and oxygen atoms in total. The summed E-state index contributed by atoms with van der Waals surface area (Å²) in [5.41, 5.74) is 3.40. The Morgan fingerprint density at radius 2 is 1.95 bits per heavy atom. The molecule has 1 aromatic carbocycles. The standard InChI is InChI=1S/C17H15N3O2/c21-17(18-14-10-22-11-14)13-6-7-16-19-15(9-20(16)8-13)12-4-2-1-3-5-12/h1-9,14H,10-11H2,(H,18,21). The topological polar surface area (TPSA) is 55.6 Å². The number of aromatic nitrogens is 2. The maximum Gasteiger partial charge on any atom is 0.253 e. The fraction of sp³-hybridized carbons (Fsp3) is 0.176. The fourth-order valence-electron chi connectivity index (χ4n) is 2.46. The second kappa shape index (κ2) is 5.27. The van der Waals surface area contributed by atoms with Crippen LogP contribution >= 0.6 is 0 Å². The number of rotatable bonds is 3. The van der Waals surface area contributed by atoms with Crippen LogP contribution < -0.4 is 5.32 Å². The number of amides is 1. The highest BCUT2D eigenvalue weighted by atomic mass is 16.5. The minimum atomic E-state index is -0.0786. The molecule has 1 aliphatic rings. The van der Waals surface area contributed by atoms with E-state index < -0.39 is 0 Å². The van der Waals surface area contributed by atoms with Crippen LogP contribution in [0.3, 0.4) is 0 Å². The third-order valence-corrected chi connectivity index (χ3v) is 3.76. The minimum absolute atomic E-state index is 0.0786. The molecule has 0 unspecified atom stereocenters. The number of nitrogens with one attached hydrogen (secondary N) is 1. The average molecular weight is 293 g/mol. The first kappa shape index (κ1) is 13.0. The Hall–Kier alpha value is -2.66. The van der Waals surface area contributed by atoms with E-state index in [9.17, 15) is 4.79 Å². The first-order valence-electron chi connectivity index (χ1n) is 7.22. The third kappa shape index (κ3) is 2.35. The van der Waals surface area contributed by atoms with Gasteiger partial charge in [-0.15, -0.1) is 0 Å². The molecule has 0 saturated carbocycles. The van der Waals surface area contributed by atoms with Crippen molar-refractivity contribution in [2.75, 3.05) is 13.2 Å². The van der Waals surface area contributed by atoms with E-state index in [-0.39, 0.29) is 11.9 Å². The van der Waals surface area contributed by atoms with Gasteiger partial charge >= 0.3 is 0 Å². The molecule has 1 saturated heterocycles. The van der Waals surface area contributed by atoms with E-state index in [4.69, 9.17) is 4.74 Å². The molecule has 1 amide bonds. The van der Waals surface area contributed by atoms with Gasteiger partial charge in [-0.3, -0.25) is 4.79 Å². The number of carbonyl (C=O) groups excluding carboxylic acids is 1. The van der Waals surface area contributed by atoms with Gasteiger partial charge in [-0.25, -0.2) is 4.98 Å². The molecular formula is C17H15N3O2. The number of hydrogen-bond donors (Lipinski definition) is 1. The highest BCUT2D eigenvalue weighted by Crippen LogP contribution is 2.19. The summed E-state index contributed by atoms with van der Waals surface area (Å²) in [5, 5.41) is 2.94. The number of ether oxygens (including phenoxy) is 1. The average Bonchev–Trinajstić information content (AvgIpc) is 2.94. The molecule has 0 spiro atoms. The van der Waals surface area contributed by atoms with Gasteiger partial charge in [0.15, 0.2) is 0 Å². The monoisotopic (exact) mass is 293 g/mol. The lowest BCUT2D eigenvalue weighted by molar-refractivity contribution is -0.00347. The summed E-state index contributed by atoms with van der Waals surface area (Å²) in [6.45, 7) is 1.19. The van der Waals surface area contributed by atoms with Crippen molar-refractivity contribution in [3.63, 3.8) is 0 Å². The maximum atomic E-state index is 12.2. The van der Waals surface area contributed by atoms with Gasteiger partial charge in [0.2, 0.25) is 0 Å². The summed E-state index contributed by atoms with van der Waals surface area (Å²) < 4.78 is 6.95. The van der Waals surface area contributed by atoms with E-state index in [2.05, 4.69) is 10.3 Å². The summed E-state index contributed by atoms with van der Waals surface area (Å²) in [6, 6.07) is 13.8. The number of pyridine rings is 1. The molecule has 4 rings (SSSR count). The van der Waals surface area contributed by atoms with Crippen molar-refractivity contribution in [1.29, 1.82) is 0 Å². The number of nitrogens with zero attached hydrogens (tertiary/aromatic N) is 2. The summed E-state index contributed by atoms with van der Waals surface area (Å²) >= 11 is 0. The number of imidazole rings is 1. The van der Waals surface area contributed by atoms with Gasteiger partial charge < -0.3 is 14.5 Å². The van der Waals surface area contributed by atoms with Crippen molar-refractivity contribution >= 4 is 11.6 Å². The van der Waals surface area contributed by atoms with E-state index in [1.165, 1.54) is 0 Å². The molecule has 110 valence electrons. The smallest absolute Gasteiger partial charge is 0.253 e. The fourth-order valence-corrected chi connectivity index (χ4v) is 2.46. The molecule has 0 aliphatic carbocycles. The minimum Gasteiger partial charge on any atom is -0.377 e. The second-order valence-corrected chi connectivity index (χ2v) is 5.38. The quantitative estimate of drug-likeness (QED) is 0.805. The van der Waals surface area contributed by atoms with E-state index in [1.807, 2.05) is 53.2 Å². The Morgan fingerprint density at radius 3 is 2.68 bits per heavy atom. The van der Waals surface area contributed by atoms with Crippen molar-refractivity contribution in [2.45, 2.75) is 6.04 Å². The Morgan fingerprint density at radius 1 is 1.14 bits per heavy atom. The van der Waals surface area contributed by atoms with Crippen LogP contribution in [0, 0.1) is 0 Å². The van der Waals surface area contributed by atoms with Crippen LogP contribution in [0.5, 0.6) is 0 Å². The summed E-state index contributed by atoms with van der Waals surface area (Å²) in [6.07, 6.45) is 3.75. The lowest BCUT2D eigenvalue weighted by Gasteiger charge is -2.26. The second-order valence-electron chi connectivity index (χ2n) is 5.38. The number of benzene rings is 1. The lowest BCUT2D eigenvalue weighted by atomic mass is 10.2. The van der Waals surface area contributed by atoms with E-state index in [0.717, 1.165) is 16.9 Å². The molecule has 1 fully saturated rings. The number of carbonyl (C=O) groups is 1. The van der Waals surface area contributed by atoms with Crippen LogP contribution in [-0.2, 0) is 4.74 Å². The van der Waals surface area contributed by atoms with Crippen molar-refractivity contribution in [1.82, 2.24) is 14.7 Å². The van der Waals surface area contributed by atoms with Crippen molar-refractivity contribution < 1.29 is 9.53 Å². The summed E-state index contributed by atoms with van der Waals surface area (Å²) in [5.74, 6) is -0.0786. The van der Waals surface area contributed by atoms with Gasteiger partial charge in [0.05, 0.1) is 30.5 Å². The van der Waals surface area contributed by atoms with Gasteiger partial charge in [0.25, 0.3) is 5.91 Å². The molecule has 3 heterocycles. The van der Waals surface area contributed by atoms with Crippen LogP contribution in [0.25, 0.3) is 16.9 Å². The summed E-state index contributed by atoms with van der Waals surface area (Å²) in [7, 11) is 0. The van der Waals surface area contributed by atoms with Crippen LogP contribution in [0.2, 0.25) is 0 Å². The largest absolute Gasteiger partial charge is 0.377 e. The molecule has 0 atom stereocenters. The highest BCUT2D eigenvalue weighted by molar-refractivity contribution is 5.94. The Bertz CT molecular complexity index is 822. The highest BCUT2D eigenvalue weighted by Gasteiger charge is 2.21. The van der Waals surface area contributed by atoms with Gasteiger partial charge in [0.1, 0.15) is 5.65 Å². The molecule has 1 aliphatic heterocycles. The molecule has 0 bridgehead atoms. The zero-order valence-corrected chi connectivity index (χ0v) is 11.9. The Balaban J connectivity index is 1.64. The normalized spacial score (nSPS) is 14.7. The van der Waals surface area contributed by atoms with Crippen LogP contribution in [0.4, 0.5) is 0 Å². The molecule has 0 radical (unpaired) electrons. The van der Waals surface area contributed by atoms with Gasteiger partial charge in [-0.2, -0.15) is 0 Å². The van der Waals surface area contributed by atoms with E-state index in [1.54, 1.807) is 6.07 Å². The summed E-state index contributed by atoms with van der Waals surface area (Å²) in [4.78, 5) is 16.8. The van der Waals surface area contributed by atoms with Crippen LogP contribution in [-0.4, -0.2) is 34.5 Å². The van der Waals surface area contributed by atoms with Gasteiger partial charge in [0, 0.05) is 18.0 Å². The van der Waals surface area contributed by atoms with Crippen molar-refractivity contribution in [3.05, 3.63) is 60.4 Å². The number of fused-ring (bicyclic) bond motifs is 1. The van der Waals surface area contributed by atoms with Crippen LogP contribution in [0.15, 0.2) is 54.9 Å². The van der Waals surface area contributed by atoms with E-state index >= 15 is 0 Å². The Kier molecular flexibility index (Phi) is 3.12. The van der Waals surface area contributed by atoms with Gasteiger partial charge in [-0.1, -0.05) is 30.3 Å². The first-order valence-corrected chi connectivity index (χ1v) is 7.22. The van der Waals surface area contributed by atoms with Gasteiger partial charge in [-0.05, 0) is 12.1 Å². The molecule has 3 aromatic rings. The predicted octanol–water partition coefficient (Wildman–Crippen LogP) is 2.13. The van der Waals surface area contributed by atoms with E-state index in [0.29, 0.717) is 18.8 Å². The predicted molar refractivity (Wildman–Crippen MR) is 82.7 cm³/mol. The lowest BCUT2D eigenvalue weighted by Crippen LogP contribution is -2.48. The molecule has 5 heteroatoms. The molecule has 2 aromatic heterocycles. The molecule has 1 N–H and O–H groups in total. The zero-order chi connectivity index (χ0) is 14.9. The van der Waals surface area contributed by atoms with Crippen LogP contribution in [0.1, 0.15) is 10.4 Å². The van der Waals surface area contributed by atoms with Crippen molar-refractivity contribution in [3.8, 4) is 11.3 Å². The zero-order valence-electron chi connectivity index (χ0n) is 11.9. The first-order chi connectivity index (χ1) is 10.8. The Labute approximate surface area is 127 Å². The SMILES string of the molecule is O=C(NC1COC1)c1ccc2nc(-c3ccccc3)cn2c1. The van der Waals surface area contributed by atoms with Crippen molar-refractivity contribution in [2.24, 2.45) is 0 Å². The third-order valence-electron chi connectivity index (χ3n) is 3.76. The maximum absolute atomic E-state index is 12.2.